The summed E-state index contributed by atoms with van der Waals surface area (Å²) in [6, 6.07) is 7.62. The van der Waals surface area contributed by atoms with Crippen LogP contribution in [0, 0.1) is 0 Å². The van der Waals surface area contributed by atoms with Gasteiger partial charge in [-0.15, -0.1) is 0 Å². The van der Waals surface area contributed by atoms with Crippen molar-refractivity contribution in [2.24, 2.45) is 5.84 Å². The average Bonchev–Trinajstić information content (AvgIpc) is 2.68. The molecule has 78 valence electrons. The molecule has 5 N–H and O–H groups in total. The van der Waals surface area contributed by atoms with Gasteiger partial charge in [0.15, 0.2) is 0 Å². The van der Waals surface area contributed by atoms with Gasteiger partial charge in [-0.1, -0.05) is 12.1 Å². The summed E-state index contributed by atoms with van der Waals surface area (Å²) in [6.07, 6.45) is 0. The van der Waals surface area contributed by atoms with Crippen LogP contribution in [0.1, 0.15) is 0 Å². The lowest BCUT2D eigenvalue weighted by molar-refractivity contribution is -0.119. The Morgan fingerprint density at radius 2 is 2.27 bits per heavy atom. The number of imidazole rings is 1. The smallest absolute Gasteiger partial charge is 0.253 e. The zero-order chi connectivity index (χ0) is 10.7. The molecule has 0 saturated heterocycles. The summed E-state index contributed by atoms with van der Waals surface area (Å²) in [6.45, 7) is 0.0936. The Bertz CT molecular complexity index is 445. The first kappa shape index (κ1) is 9.47. The molecular weight excluding hydrogens is 194 g/mol. The molecule has 6 nitrogen and oxygen atoms in total. The van der Waals surface area contributed by atoms with Crippen LogP contribution in [-0.4, -0.2) is 22.4 Å². The molecule has 0 atom stereocenters. The van der Waals surface area contributed by atoms with E-state index in [1.165, 1.54) is 0 Å². The van der Waals surface area contributed by atoms with E-state index in [1.807, 2.05) is 29.7 Å². The Hall–Kier alpha value is -2.08. The summed E-state index contributed by atoms with van der Waals surface area (Å²) in [5, 5.41) is 2.83. The van der Waals surface area contributed by atoms with Gasteiger partial charge in [0, 0.05) is 0 Å². The highest BCUT2D eigenvalue weighted by Crippen LogP contribution is 2.12. The molecule has 1 aromatic heterocycles. The van der Waals surface area contributed by atoms with Crippen LogP contribution in [0.25, 0.3) is 11.0 Å². The number of nitrogens with one attached hydrogen (secondary N) is 3. The number of rotatable bonds is 3. The molecule has 15 heavy (non-hydrogen) atoms. The Kier molecular flexibility index (Phi) is 2.51. The lowest BCUT2D eigenvalue weighted by atomic mass is 10.3. The van der Waals surface area contributed by atoms with Crippen molar-refractivity contribution in [3.8, 4) is 0 Å². The van der Waals surface area contributed by atoms with E-state index in [9.17, 15) is 4.79 Å². The summed E-state index contributed by atoms with van der Waals surface area (Å²) in [7, 11) is 0. The van der Waals surface area contributed by atoms with Crippen LogP contribution in [0.5, 0.6) is 0 Å². The third kappa shape index (κ3) is 2.05. The average molecular weight is 205 g/mol. The Labute approximate surface area is 85.8 Å². The molecule has 1 amide bonds. The Balaban J connectivity index is 2.12. The van der Waals surface area contributed by atoms with E-state index < -0.39 is 0 Å². The number of aromatic nitrogens is 2. The van der Waals surface area contributed by atoms with Crippen molar-refractivity contribution in [3.63, 3.8) is 0 Å². The third-order valence-corrected chi connectivity index (χ3v) is 1.97. The zero-order valence-electron chi connectivity index (χ0n) is 7.95. The minimum atomic E-state index is -0.296. The molecule has 0 aliphatic carbocycles. The Morgan fingerprint density at radius 1 is 1.47 bits per heavy atom. The molecule has 0 aliphatic heterocycles. The molecule has 0 unspecified atom stereocenters. The van der Waals surface area contributed by atoms with E-state index in [0.29, 0.717) is 5.95 Å². The van der Waals surface area contributed by atoms with Crippen molar-refractivity contribution in [1.29, 1.82) is 0 Å². The number of fused-ring (bicyclic) bond motifs is 1. The molecule has 1 heterocycles. The van der Waals surface area contributed by atoms with E-state index in [0.717, 1.165) is 11.0 Å². The number of nitrogens with two attached hydrogens (primary N) is 1. The van der Waals surface area contributed by atoms with Crippen LogP contribution in [-0.2, 0) is 4.79 Å². The molecule has 0 bridgehead atoms. The van der Waals surface area contributed by atoms with Crippen molar-refractivity contribution < 1.29 is 4.79 Å². The number of hydrogen-bond donors (Lipinski definition) is 4. The molecule has 0 aliphatic rings. The van der Waals surface area contributed by atoms with Gasteiger partial charge in [0.05, 0.1) is 17.6 Å². The number of hydrogen-bond acceptors (Lipinski definition) is 4. The van der Waals surface area contributed by atoms with E-state index in [4.69, 9.17) is 5.84 Å². The summed E-state index contributed by atoms with van der Waals surface area (Å²) >= 11 is 0. The summed E-state index contributed by atoms with van der Waals surface area (Å²) in [5.74, 6) is 5.20. The van der Waals surface area contributed by atoms with Gasteiger partial charge in [0.1, 0.15) is 0 Å². The zero-order valence-corrected chi connectivity index (χ0v) is 7.95. The fourth-order valence-electron chi connectivity index (χ4n) is 1.25. The molecule has 2 rings (SSSR count). The van der Waals surface area contributed by atoms with Gasteiger partial charge >= 0.3 is 0 Å². The van der Waals surface area contributed by atoms with Gasteiger partial charge in [-0.25, -0.2) is 10.8 Å². The molecule has 1 aromatic carbocycles. The second-order valence-corrected chi connectivity index (χ2v) is 3.02. The maximum absolute atomic E-state index is 10.9. The molecule has 0 spiro atoms. The highest BCUT2D eigenvalue weighted by molar-refractivity contribution is 5.81. The predicted molar refractivity (Wildman–Crippen MR) is 56.9 cm³/mol. The number of carbonyl (C=O) groups excluding carboxylic acids is 1. The third-order valence-electron chi connectivity index (χ3n) is 1.97. The highest BCUT2D eigenvalue weighted by Gasteiger charge is 2.02. The lowest BCUT2D eigenvalue weighted by Crippen LogP contribution is -2.35. The number of hydrazine groups is 1. The van der Waals surface area contributed by atoms with Gasteiger partial charge in [-0.3, -0.25) is 10.2 Å². The largest absolute Gasteiger partial charge is 0.347 e. The second kappa shape index (κ2) is 3.97. The van der Waals surface area contributed by atoms with Crippen molar-refractivity contribution in [2.75, 3.05) is 11.9 Å². The van der Waals surface area contributed by atoms with Crippen LogP contribution >= 0.6 is 0 Å². The molecular formula is C9H11N5O. The quantitative estimate of drug-likeness (QED) is 0.321. The van der Waals surface area contributed by atoms with Gasteiger partial charge < -0.3 is 10.3 Å². The standard InChI is InChI=1S/C9H11N5O/c10-14-8(15)5-11-9-12-6-3-1-2-4-7(6)13-9/h1-4H,5,10H2,(H,14,15)(H2,11,12,13). The van der Waals surface area contributed by atoms with E-state index in [1.54, 1.807) is 0 Å². The molecule has 2 aromatic rings. The number of anilines is 1. The molecule has 6 heteroatoms. The summed E-state index contributed by atoms with van der Waals surface area (Å²) in [5.41, 5.74) is 3.80. The summed E-state index contributed by atoms with van der Waals surface area (Å²) < 4.78 is 0. The first-order chi connectivity index (χ1) is 7.29. The second-order valence-electron chi connectivity index (χ2n) is 3.02. The van der Waals surface area contributed by atoms with Crippen LogP contribution in [0.15, 0.2) is 24.3 Å². The number of nitrogens with zero attached hydrogens (tertiary/aromatic N) is 1. The van der Waals surface area contributed by atoms with Gasteiger partial charge in [0.25, 0.3) is 5.91 Å². The van der Waals surface area contributed by atoms with E-state index >= 15 is 0 Å². The van der Waals surface area contributed by atoms with Gasteiger partial charge in [-0.2, -0.15) is 0 Å². The number of aromatic amines is 1. The normalized spacial score (nSPS) is 10.2. The van der Waals surface area contributed by atoms with Crippen molar-refractivity contribution in [2.45, 2.75) is 0 Å². The van der Waals surface area contributed by atoms with Crippen LogP contribution in [0.3, 0.4) is 0 Å². The van der Waals surface area contributed by atoms with Crippen molar-refractivity contribution in [3.05, 3.63) is 24.3 Å². The summed E-state index contributed by atoms with van der Waals surface area (Å²) in [4.78, 5) is 18.1. The number of benzene rings is 1. The number of amides is 1. The maximum Gasteiger partial charge on any atom is 0.253 e. The number of para-hydroxylation sites is 2. The van der Waals surface area contributed by atoms with E-state index in [2.05, 4.69) is 15.3 Å². The first-order valence-corrected chi connectivity index (χ1v) is 4.47. The Morgan fingerprint density at radius 3 is 3.00 bits per heavy atom. The van der Waals surface area contributed by atoms with Crippen LogP contribution in [0.4, 0.5) is 5.95 Å². The first-order valence-electron chi connectivity index (χ1n) is 4.47. The van der Waals surface area contributed by atoms with Crippen molar-refractivity contribution >= 4 is 22.9 Å². The molecule has 0 fully saturated rings. The number of H-pyrrole nitrogens is 1. The minimum absolute atomic E-state index is 0.0936. The molecule has 0 radical (unpaired) electrons. The van der Waals surface area contributed by atoms with Crippen LogP contribution < -0.4 is 16.6 Å². The lowest BCUT2D eigenvalue weighted by Gasteiger charge is -1.99. The SMILES string of the molecule is NNC(=O)CNc1nc2ccccc2[nH]1. The minimum Gasteiger partial charge on any atom is -0.347 e. The van der Waals surface area contributed by atoms with Crippen molar-refractivity contribution in [1.82, 2.24) is 15.4 Å². The van der Waals surface area contributed by atoms with Gasteiger partial charge in [0.2, 0.25) is 5.95 Å². The van der Waals surface area contributed by atoms with E-state index in [-0.39, 0.29) is 12.5 Å². The maximum atomic E-state index is 10.9. The van der Waals surface area contributed by atoms with Crippen LogP contribution in [0.2, 0.25) is 0 Å². The molecule has 0 saturated carbocycles. The van der Waals surface area contributed by atoms with Gasteiger partial charge in [-0.05, 0) is 12.1 Å². The fraction of sp³-hybridized carbons (Fsp3) is 0.111. The number of carbonyl (C=O) groups is 1. The highest BCUT2D eigenvalue weighted by atomic mass is 16.2. The monoisotopic (exact) mass is 205 g/mol. The predicted octanol–water partition coefficient (Wildman–Crippen LogP) is -0.0353. The fourth-order valence-corrected chi connectivity index (χ4v) is 1.25. The topological polar surface area (TPSA) is 95.8 Å².